The molecule has 0 saturated carbocycles. The molecule has 1 aromatic heterocycles. The van der Waals surface area contributed by atoms with Gasteiger partial charge in [0.1, 0.15) is 12.2 Å². The summed E-state index contributed by atoms with van der Waals surface area (Å²) in [6, 6.07) is 0. The molecule has 14 heteroatoms. The first-order chi connectivity index (χ1) is 15.6. The molecule has 2 fully saturated rings. The van der Waals surface area contributed by atoms with Crippen LogP contribution >= 0.6 is 0 Å². The van der Waals surface area contributed by atoms with E-state index in [2.05, 4.69) is 22.0 Å². The van der Waals surface area contributed by atoms with Gasteiger partial charge in [-0.1, -0.05) is 0 Å². The Balaban J connectivity index is 0.000000383. The highest BCUT2D eigenvalue weighted by Gasteiger charge is 2.38. The zero-order valence-electron chi connectivity index (χ0n) is 18.2. The number of piperazine rings is 1. The van der Waals surface area contributed by atoms with Crippen molar-refractivity contribution in [2.24, 2.45) is 11.8 Å². The van der Waals surface area contributed by atoms with Crippen LogP contribution in [0.1, 0.15) is 12.2 Å². The zero-order chi connectivity index (χ0) is 24.2. The minimum absolute atomic E-state index is 0.0649. The molecular formula is C19H27F3N6O5. The molecule has 2 amide bonds. The fourth-order valence-corrected chi connectivity index (χ4v) is 3.93. The summed E-state index contributed by atoms with van der Waals surface area (Å²) in [5.74, 6) is -2.23. The molecule has 0 aliphatic carbocycles. The summed E-state index contributed by atoms with van der Waals surface area (Å²) in [5.41, 5.74) is 0. The van der Waals surface area contributed by atoms with E-state index in [0.29, 0.717) is 32.8 Å². The van der Waals surface area contributed by atoms with Crippen LogP contribution in [0.25, 0.3) is 0 Å². The minimum Gasteiger partial charge on any atom is -0.475 e. The van der Waals surface area contributed by atoms with E-state index in [1.165, 1.54) is 6.33 Å². The highest BCUT2D eigenvalue weighted by atomic mass is 19.4. The van der Waals surface area contributed by atoms with Gasteiger partial charge in [0.05, 0.1) is 31.5 Å². The van der Waals surface area contributed by atoms with Crippen molar-refractivity contribution in [3.63, 3.8) is 0 Å². The number of ether oxygens (including phenoxy) is 1. The van der Waals surface area contributed by atoms with E-state index < -0.39 is 12.1 Å². The molecule has 1 N–H and O–H groups in total. The van der Waals surface area contributed by atoms with Gasteiger partial charge in [0, 0.05) is 39.3 Å². The maximum absolute atomic E-state index is 13.1. The number of fused-ring (bicyclic) bond motifs is 1. The Kier molecular flexibility index (Phi) is 7.89. The number of carboxylic acids is 1. The molecule has 2 saturated heterocycles. The summed E-state index contributed by atoms with van der Waals surface area (Å²) in [7, 11) is 2.07. The summed E-state index contributed by atoms with van der Waals surface area (Å²) in [5, 5.41) is 11.4. The average Bonchev–Trinajstić information content (AvgIpc) is 3.41. The van der Waals surface area contributed by atoms with Crippen LogP contribution in [0.5, 0.6) is 0 Å². The third-order valence-corrected chi connectivity index (χ3v) is 5.86. The fraction of sp³-hybridized carbons (Fsp3) is 0.737. The van der Waals surface area contributed by atoms with E-state index >= 15 is 0 Å². The highest BCUT2D eigenvalue weighted by molar-refractivity contribution is 5.82. The van der Waals surface area contributed by atoms with Crippen molar-refractivity contribution in [3.8, 4) is 0 Å². The van der Waals surface area contributed by atoms with Gasteiger partial charge in [-0.15, -0.1) is 0 Å². The number of halogens is 3. The molecule has 0 radical (unpaired) electrons. The highest BCUT2D eigenvalue weighted by Crippen LogP contribution is 2.22. The molecule has 184 valence electrons. The molecule has 3 aliphatic heterocycles. The molecule has 1 aromatic rings. The standard InChI is InChI=1S/C17H26N6O3.C2HF3O2/c1-20-3-5-21(6-4-20)17(25)14-8-22(16(24)13-2-7-26-11-13)10-15-18-12-19-23(15)9-14;3-2(4,5)1(6)7/h12-14H,2-11H2,1H3;(H,6,7). The number of likely N-dealkylation sites (N-methyl/N-ethyl adjacent to an activating group) is 1. The van der Waals surface area contributed by atoms with E-state index in [0.717, 1.165) is 38.4 Å². The van der Waals surface area contributed by atoms with Crippen molar-refractivity contribution in [2.75, 3.05) is 53.0 Å². The summed E-state index contributed by atoms with van der Waals surface area (Å²) in [6.07, 6.45) is -2.83. The Morgan fingerprint density at radius 3 is 2.27 bits per heavy atom. The maximum atomic E-state index is 13.1. The van der Waals surface area contributed by atoms with Gasteiger partial charge in [-0.25, -0.2) is 14.5 Å². The third kappa shape index (κ3) is 6.41. The summed E-state index contributed by atoms with van der Waals surface area (Å²) in [6.45, 7) is 5.65. The van der Waals surface area contributed by atoms with Crippen LogP contribution in [0.2, 0.25) is 0 Å². The van der Waals surface area contributed by atoms with Crippen LogP contribution < -0.4 is 0 Å². The maximum Gasteiger partial charge on any atom is 0.490 e. The van der Waals surface area contributed by atoms with E-state index in [4.69, 9.17) is 14.6 Å². The van der Waals surface area contributed by atoms with Crippen LogP contribution in [0, 0.1) is 11.8 Å². The second-order valence-electron chi connectivity index (χ2n) is 8.27. The predicted molar refractivity (Wildman–Crippen MR) is 106 cm³/mol. The van der Waals surface area contributed by atoms with E-state index in [-0.39, 0.29) is 23.7 Å². The Labute approximate surface area is 188 Å². The number of hydrogen-bond donors (Lipinski definition) is 1. The van der Waals surface area contributed by atoms with Crippen molar-refractivity contribution in [1.82, 2.24) is 29.5 Å². The molecule has 4 heterocycles. The number of nitrogens with zero attached hydrogens (tertiary/aromatic N) is 6. The van der Waals surface area contributed by atoms with Gasteiger partial charge >= 0.3 is 12.1 Å². The zero-order valence-corrected chi connectivity index (χ0v) is 18.2. The van der Waals surface area contributed by atoms with Crippen molar-refractivity contribution >= 4 is 17.8 Å². The Morgan fingerprint density at radius 1 is 1.06 bits per heavy atom. The van der Waals surface area contributed by atoms with E-state index in [1.807, 2.05) is 4.90 Å². The first-order valence-corrected chi connectivity index (χ1v) is 10.6. The van der Waals surface area contributed by atoms with Gasteiger partial charge in [0.25, 0.3) is 0 Å². The molecular weight excluding hydrogens is 449 g/mol. The number of carboxylic acid groups (broad SMARTS) is 1. The van der Waals surface area contributed by atoms with Gasteiger partial charge in [-0.05, 0) is 13.5 Å². The number of carbonyl (C=O) groups excluding carboxylic acids is 2. The number of rotatable bonds is 2. The number of hydrogen-bond acceptors (Lipinski definition) is 7. The Hall–Kier alpha value is -2.74. The second-order valence-corrected chi connectivity index (χ2v) is 8.27. The normalized spacial score (nSPS) is 23.9. The van der Waals surface area contributed by atoms with Crippen LogP contribution in [-0.4, -0.2) is 112 Å². The number of aromatic nitrogens is 3. The molecule has 0 spiro atoms. The lowest BCUT2D eigenvalue weighted by Gasteiger charge is -2.35. The van der Waals surface area contributed by atoms with Crippen molar-refractivity contribution in [2.45, 2.75) is 25.7 Å². The quantitative estimate of drug-likeness (QED) is 0.617. The lowest BCUT2D eigenvalue weighted by atomic mass is 10.0. The lowest BCUT2D eigenvalue weighted by Crippen LogP contribution is -2.51. The second kappa shape index (κ2) is 10.5. The molecule has 33 heavy (non-hydrogen) atoms. The first-order valence-electron chi connectivity index (χ1n) is 10.6. The monoisotopic (exact) mass is 476 g/mol. The number of amides is 2. The van der Waals surface area contributed by atoms with Gasteiger partial charge in [-0.2, -0.15) is 18.3 Å². The summed E-state index contributed by atoms with van der Waals surface area (Å²) < 4.78 is 38.9. The van der Waals surface area contributed by atoms with Crippen molar-refractivity contribution in [3.05, 3.63) is 12.2 Å². The third-order valence-electron chi connectivity index (χ3n) is 5.86. The molecule has 0 aromatic carbocycles. The molecule has 4 rings (SSSR count). The van der Waals surface area contributed by atoms with E-state index in [9.17, 15) is 22.8 Å². The average molecular weight is 476 g/mol. The Morgan fingerprint density at radius 2 is 1.70 bits per heavy atom. The number of aliphatic carboxylic acids is 1. The van der Waals surface area contributed by atoms with Gasteiger partial charge in [-0.3, -0.25) is 9.59 Å². The molecule has 2 unspecified atom stereocenters. The minimum atomic E-state index is -5.08. The van der Waals surface area contributed by atoms with Crippen LogP contribution in [-0.2, 0) is 32.2 Å². The van der Waals surface area contributed by atoms with Crippen LogP contribution in [0.3, 0.4) is 0 Å². The van der Waals surface area contributed by atoms with Crippen molar-refractivity contribution in [1.29, 1.82) is 0 Å². The topological polar surface area (TPSA) is 121 Å². The smallest absolute Gasteiger partial charge is 0.475 e. The van der Waals surface area contributed by atoms with Crippen molar-refractivity contribution < 1.29 is 37.4 Å². The molecule has 11 nitrogen and oxygen atoms in total. The first kappa shape index (κ1) is 24.9. The van der Waals surface area contributed by atoms with Crippen LogP contribution in [0.15, 0.2) is 6.33 Å². The predicted octanol–water partition coefficient (Wildman–Crippen LogP) is -0.320. The number of carbonyl (C=O) groups is 3. The Bertz CT molecular complexity index is 849. The van der Waals surface area contributed by atoms with E-state index in [1.54, 1.807) is 9.58 Å². The fourth-order valence-electron chi connectivity index (χ4n) is 3.93. The summed E-state index contributed by atoms with van der Waals surface area (Å²) >= 11 is 0. The van der Waals surface area contributed by atoms with Gasteiger partial charge in [0.2, 0.25) is 11.8 Å². The largest absolute Gasteiger partial charge is 0.490 e. The van der Waals surface area contributed by atoms with Crippen LogP contribution in [0.4, 0.5) is 13.2 Å². The lowest BCUT2D eigenvalue weighted by molar-refractivity contribution is -0.192. The SMILES string of the molecule is CN1CCN(C(=O)C2CN(C(=O)C3CCOC3)Cc3ncnn3C2)CC1.O=C(O)C(F)(F)F. The molecule has 2 atom stereocenters. The van der Waals surface area contributed by atoms with Gasteiger partial charge < -0.3 is 24.5 Å². The summed E-state index contributed by atoms with van der Waals surface area (Å²) in [4.78, 5) is 45.2. The van der Waals surface area contributed by atoms with Gasteiger partial charge in [0.15, 0.2) is 0 Å². The number of alkyl halides is 3. The molecule has 3 aliphatic rings. The molecule has 0 bridgehead atoms.